The van der Waals surface area contributed by atoms with Gasteiger partial charge in [-0.25, -0.2) is 0 Å². The van der Waals surface area contributed by atoms with Crippen LogP contribution in [0.15, 0.2) is 146 Å². The van der Waals surface area contributed by atoms with Crippen LogP contribution in [0.3, 0.4) is 0 Å². The summed E-state index contributed by atoms with van der Waals surface area (Å²) >= 11 is 0. The second-order valence-corrected chi connectivity index (χ2v) is 7.18. The number of benzene rings is 3. The van der Waals surface area contributed by atoms with Crippen LogP contribution in [-0.2, 0) is 0 Å². The number of hydrogen-bond donors (Lipinski definition) is 0. The minimum Gasteiger partial charge on any atom is -0.307 e. The van der Waals surface area contributed by atoms with Gasteiger partial charge in [-0.15, -0.1) is 0 Å². The molecule has 0 bridgehead atoms. The number of nitrogens with zero attached hydrogens (tertiary/aromatic N) is 2. The van der Waals surface area contributed by atoms with Gasteiger partial charge >= 0.3 is 0 Å². The Morgan fingerprint density at radius 3 is 1.87 bits per heavy atom. The van der Waals surface area contributed by atoms with Crippen LogP contribution in [0.4, 0.5) is 11.4 Å². The SMILES string of the molecule is C=C/C=C1\C(=C/C)N(c2ccc3ccccc3c2)C(C=C)=C(C=C)N1c1ccccc1. The van der Waals surface area contributed by atoms with Crippen LogP contribution < -0.4 is 9.80 Å². The first-order valence-corrected chi connectivity index (χ1v) is 10.4. The van der Waals surface area contributed by atoms with Crippen molar-refractivity contribution >= 4 is 22.1 Å². The lowest BCUT2D eigenvalue weighted by atomic mass is 10.0. The third-order valence-corrected chi connectivity index (χ3v) is 5.43. The lowest BCUT2D eigenvalue weighted by molar-refractivity contribution is 0.954. The molecular formula is C29H26N2. The van der Waals surface area contributed by atoms with E-state index in [-0.39, 0.29) is 0 Å². The van der Waals surface area contributed by atoms with Crippen molar-refractivity contribution in [3.05, 3.63) is 146 Å². The van der Waals surface area contributed by atoms with E-state index in [1.54, 1.807) is 0 Å². The number of fused-ring (bicyclic) bond motifs is 1. The summed E-state index contributed by atoms with van der Waals surface area (Å²) in [6.45, 7) is 14.3. The Balaban J connectivity index is 2.02. The maximum atomic E-state index is 4.15. The largest absolute Gasteiger partial charge is 0.307 e. The van der Waals surface area contributed by atoms with Gasteiger partial charge in [0.05, 0.1) is 22.8 Å². The van der Waals surface area contributed by atoms with E-state index in [1.165, 1.54) is 10.8 Å². The third-order valence-electron chi connectivity index (χ3n) is 5.43. The Morgan fingerprint density at radius 2 is 1.26 bits per heavy atom. The summed E-state index contributed by atoms with van der Waals surface area (Å²) in [6.07, 6.45) is 9.79. The number of rotatable bonds is 5. The second-order valence-electron chi connectivity index (χ2n) is 7.18. The molecule has 0 fully saturated rings. The van der Waals surface area contributed by atoms with E-state index >= 15 is 0 Å². The van der Waals surface area contributed by atoms with Gasteiger partial charge in [-0.3, -0.25) is 0 Å². The minimum absolute atomic E-state index is 0.966. The summed E-state index contributed by atoms with van der Waals surface area (Å²) < 4.78 is 0. The summed E-state index contributed by atoms with van der Waals surface area (Å²) in [4.78, 5) is 4.45. The third kappa shape index (κ3) is 3.53. The van der Waals surface area contributed by atoms with Crippen molar-refractivity contribution in [3.63, 3.8) is 0 Å². The molecule has 0 aromatic heterocycles. The van der Waals surface area contributed by atoms with Gasteiger partial charge in [-0.05, 0) is 60.2 Å². The zero-order valence-electron chi connectivity index (χ0n) is 17.8. The summed E-state index contributed by atoms with van der Waals surface area (Å²) in [6, 6.07) is 25.2. The molecule has 0 radical (unpaired) electrons. The monoisotopic (exact) mass is 402 g/mol. The molecule has 0 spiro atoms. The van der Waals surface area contributed by atoms with Crippen LogP contribution in [0.1, 0.15) is 6.92 Å². The van der Waals surface area contributed by atoms with E-state index in [4.69, 9.17) is 0 Å². The molecule has 0 saturated carbocycles. The summed E-state index contributed by atoms with van der Waals surface area (Å²) in [5.74, 6) is 0. The highest BCUT2D eigenvalue weighted by Gasteiger charge is 2.32. The van der Waals surface area contributed by atoms with Gasteiger partial charge in [0.15, 0.2) is 0 Å². The van der Waals surface area contributed by atoms with Gasteiger partial charge < -0.3 is 9.80 Å². The van der Waals surface area contributed by atoms with E-state index in [9.17, 15) is 0 Å². The van der Waals surface area contributed by atoms with E-state index in [2.05, 4.69) is 97.1 Å². The molecule has 1 aliphatic heterocycles. The zero-order chi connectivity index (χ0) is 21.8. The molecule has 0 N–H and O–H groups in total. The number of hydrogen-bond acceptors (Lipinski definition) is 2. The van der Waals surface area contributed by atoms with E-state index in [0.717, 1.165) is 34.2 Å². The van der Waals surface area contributed by atoms with Crippen molar-refractivity contribution in [1.82, 2.24) is 0 Å². The van der Waals surface area contributed by atoms with Crippen molar-refractivity contribution in [2.24, 2.45) is 0 Å². The fraction of sp³-hybridized carbons (Fsp3) is 0.0345. The molecule has 1 aliphatic rings. The molecule has 1 heterocycles. The normalized spacial score (nSPS) is 16.8. The summed E-state index contributed by atoms with van der Waals surface area (Å²) in [5.41, 5.74) is 6.15. The molecule has 3 aromatic carbocycles. The van der Waals surface area contributed by atoms with Crippen molar-refractivity contribution in [3.8, 4) is 0 Å². The molecule has 0 saturated heterocycles. The van der Waals surface area contributed by atoms with Crippen molar-refractivity contribution < 1.29 is 0 Å². The lowest BCUT2D eigenvalue weighted by Gasteiger charge is -2.42. The standard InChI is InChI=1S/C29H26N2/c1-5-14-29-28(8-4)31(25-20-19-22-15-12-13-16-23(22)21-25)27(7-3)26(6-2)30(29)24-17-10-9-11-18-24/h5-21H,1-3H2,4H3/b28-8+,29-14+. The predicted molar refractivity (Wildman–Crippen MR) is 135 cm³/mol. The summed E-state index contributed by atoms with van der Waals surface area (Å²) in [7, 11) is 0. The van der Waals surface area contributed by atoms with Gasteiger partial charge in [0.1, 0.15) is 0 Å². The Morgan fingerprint density at radius 1 is 0.645 bits per heavy atom. The Kier molecular flexibility index (Phi) is 5.72. The number of para-hydroxylation sites is 1. The highest BCUT2D eigenvalue weighted by molar-refractivity contribution is 5.88. The van der Waals surface area contributed by atoms with E-state index in [1.807, 2.05) is 42.5 Å². The maximum absolute atomic E-state index is 4.15. The van der Waals surface area contributed by atoms with Gasteiger partial charge in [-0.1, -0.05) is 80.4 Å². The first-order chi connectivity index (χ1) is 15.2. The highest BCUT2D eigenvalue weighted by atomic mass is 15.3. The maximum Gasteiger partial charge on any atom is 0.0699 e. The molecule has 0 aliphatic carbocycles. The lowest BCUT2D eigenvalue weighted by Crippen LogP contribution is -2.38. The Hall–Kier alpha value is -4.04. The Bertz CT molecular complexity index is 1240. The predicted octanol–water partition coefficient (Wildman–Crippen LogP) is 7.72. The van der Waals surface area contributed by atoms with Crippen LogP contribution in [0.25, 0.3) is 10.8 Å². The van der Waals surface area contributed by atoms with E-state index < -0.39 is 0 Å². The molecule has 0 atom stereocenters. The molecule has 2 heteroatoms. The molecule has 0 amide bonds. The molecule has 2 nitrogen and oxygen atoms in total. The van der Waals surface area contributed by atoms with Crippen LogP contribution >= 0.6 is 0 Å². The van der Waals surface area contributed by atoms with Gasteiger partial charge in [0.2, 0.25) is 0 Å². The van der Waals surface area contributed by atoms with Crippen molar-refractivity contribution in [2.75, 3.05) is 9.80 Å². The fourth-order valence-electron chi connectivity index (χ4n) is 4.11. The quantitative estimate of drug-likeness (QED) is 0.431. The fourth-order valence-corrected chi connectivity index (χ4v) is 4.11. The van der Waals surface area contributed by atoms with Gasteiger partial charge in [-0.2, -0.15) is 0 Å². The molecule has 4 rings (SSSR count). The molecular weight excluding hydrogens is 376 g/mol. The first kappa shape index (κ1) is 20.2. The second kappa shape index (κ2) is 8.76. The smallest absolute Gasteiger partial charge is 0.0699 e. The van der Waals surface area contributed by atoms with Crippen LogP contribution in [0.2, 0.25) is 0 Å². The minimum atomic E-state index is 0.966. The number of allylic oxidation sites excluding steroid dienone is 5. The molecule has 152 valence electrons. The number of anilines is 2. The Labute approximate surface area is 184 Å². The van der Waals surface area contributed by atoms with Crippen LogP contribution in [0, 0.1) is 0 Å². The molecule has 31 heavy (non-hydrogen) atoms. The average molecular weight is 403 g/mol. The van der Waals surface area contributed by atoms with Crippen LogP contribution in [-0.4, -0.2) is 0 Å². The zero-order valence-corrected chi connectivity index (χ0v) is 17.8. The van der Waals surface area contributed by atoms with Crippen molar-refractivity contribution in [2.45, 2.75) is 6.92 Å². The highest BCUT2D eigenvalue weighted by Crippen LogP contribution is 2.42. The van der Waals surface area contributed by atoms with Gasteiger partial charge in [0.25, 0.3) is 0 Å². The van der Waals surface area contributed by atoms with Gasteiger partial charge in [0, 0.05) is 11.4 Å². The average Bonchev–Trinajstić information content (AvgIpc) is 2.83. The van der Waals surface area contributed by atoms with Crippen molar-refractivity contribution in [1.29, 1.82) is 0 Å². The summed E-state index contributed by atoms with van der Waals surface area (Å²) in [5, 5.41) is 2.41. The van der Waals surface area contributed by atoms with Crippen LogP contribution in [0.5, 0.6) is 0 Å². The topological polar surface area (TPSA) is 6.48 Å². The first-order valence-electron chi connectivity index (χ1n) is 10.4. The molecule has 0 unspecified atom stereocenters. The van der Waals surface area contributed by atoms with E-state index in [0.29, 0.717) is 0 Å². The molecule has 3 aromatic rings.